The minimum absolute atomic E-state index is 0.0222. The summed E-state index contributed by atoms with van der Waals surface area (Å²) in [6.45, 7) is 0.0222. The second kappa shape index (κ2) is 5.40. The molecule has 0 amide bonds. The summed E-state index contributed by atoms with van der Waals surface area (Å²) in [6.07, 6.45) is 0. The molecule has 2 rings (SSSR count). The topological polar surface area (TPSA) is 32.3 Å². The minimum atomic E-state index is -1.54. The number of anilines is 1. The van der Waals surface area contributed by atoms with Crippen LogP contribution < -0.4 is 5.32 Å². The van der Waals surface area contributed by atoms with Crippen molar-refractivity contribution in [1.29, 1.82) is 0 Å². The Morgan fingerprint density at radius 1 is 1.05 bits per heavy atom. The van der Waals surface area contributed by atoms with Gasteiger partial charge in [-0.05, 0) is 30.3 Å². The highest BCUT2D eigenvalue weighted by atomic mass is 35.5. The summed E-state index contributed by atoms with van der Waals surface area (Å²) in [5.74, 6) is -4.13. The number of aromatic hydroxyl groups is 1. The maximum absolute atomic E-state index is 13.4. The van der Waals surface area contributed by atoms with E-state index >= 15 is 0 Å². The van der Waals surface area contributed by atoms with Crippen molar-refractivity contribution in [2.45, 2.75) is 6.54 Å². The van der Waals surface area contributed by atoms with E-state index in [2.05, 4.69) is 5.32 Å². The highest BCUT2D eigenvalue weighted by molar-refractivity contribution is 6.30. The third-order valence-electron chi connectivity index (χ3n) is 2.55. The van der Waals surface area contributed by atoms with Crippen LogP contribution in [0.2, 0.25) is 5.02 Å². The average molecular weight is 288 g/mol. The number of halogens is 4. The lowest BCUT2D eigenvalue weighted by Crippen LogP contribution is -2.04. The van der Waals surface area contributed by atoms with Crippen LogP contribution in [0.3, 0.4) is 0 Å². The fourth-order valence-electron chi connectivity index (χ4n) is 1.55. The van der Waals surface area contributed by atoms with Gasteiger partial charge < -0.3 is 10.4 Å². The van der Waals surface area contributed by atoms with Gasteiger partial charge in [-0.15, -0.1) is 0 Å². The SMILES string of the molecule is Oc1ccc(Cl)cc1CNc1ccc(F)c(F)c1F. The molecule has 2 aromatic rings. The molecule has 0 spiro atoms. The molecule has 0 bridgehead atoms. The Kier molecular flexibility index (Phi) is 3.85. The predicted octanol–water partition coefficient (Wildman–Crippen LogP) is 4.08. The van der Waals surface area contributed by atoms with Gasteiger partial charge in [0.25, 0.3) is 0 Å². The van der Waals surface area contributed by atoms with Crippen LogP contribution in [-0.2, 0) is 6.54 Å². The molecule has 0 heterocycles. The Morgan fingerprint density at radius 2 is 1.79 bits per heavy atom. The molecule has 2 aromatic carbocycles. The number of benzene rings is 2. The molecule has 0 aliphatic heterocycles. The fourth-order valence-corrected chi connectivity index (χ4v) is 1.74. The largest absolute Gasteiger partial charge is 0.508 e. The van der Waals surface area contributed by atoms with Crippen molar-refractivity contribution in [1.82, 2.24) is 0 Å². The summed E-state index contributed by atoms with van der Waals surface area (Å²) < 4.78 is 39.1. The summed E-state index contributed by atoms with van der Waals surface area (Å²) in [5.41, 5.74) is 0.218. The molecule has 0 unspecified atom stereocenters. The summed E-state index contributed by atoms with van der Waals surface area (Å²) in [4.78, 5) is 0. The van der Waals surface area contributed by atoms with Gasteiger partial charge in [0.1, 0.15) is 5.75 Å². The molecule has 0 aliphatic carbocycles. The summed E-state index contributed by atoms with van der Waals surface area (Å²) in [5, 5.41) is 12.5. The summed E-state index contributed by atoms with van der Waals surface area (Å²) in [6, 6.07) is 6.27. The fraction of sp³-hybridized carbons (Fsp3) is 0.0769. The van der Waals surface area contributed by atoms with Crippen LogP contribution in [-0.4, -0.2) is 5.11 Å². The number of hydrogen-bond donors (Lipinski definition) is 2. The van der Waals surface area contributed by atoms with Crippen LogP contribution in [0.25, 0.3) is 0 Å². The summed E-state index contributed by atoms with van der Waals surface area (Å²) >= 11 is 5.75. The van der Waals surface area contributed by atoms with Crippen molar-refractivity contribution in [3.63, 3.8) is 0 Å². The molecule has 0 atom stereocenters. The Labute approximate surface area is 112 Å². The number of phenolic OH excluding ortho intramolecular Hbond substituents is 1. The van der Waals surface area contributed by atoms with E-state index in [0.29, 0.717) is 10.6 Å². The minimum Gasteiger partial charge on any atom is -0.508 e. The Bertz CT molecular complexity index is 619. The van der Waals surface area contributed by atoms with Crippen LogP contribution in [0, 0.1) is 17.5 Å². The third kappa shape index (κ3) is 2.93. The van der Waals surface area contributed by atoms with Crippen LogP contribution in [0.5, 0.6) is 5.75 Å². The van der Waals surface area contributed by atoms with E-state index in [9.17, 15) is 18.3 Å². The standard InChI is InChI=1S/C13H9ClF3NO/c14-8-1-4-11(19)7(5-8)6-18-10-3-2-9(15)12(16)13(10)17/h1-5,18-19H,6H2. The molecule has 0 aromatic heterocycles. The van der Waals surface area contributed by atoms with Gasteiger partial charge >= 0.3 is 0 Å². The Balaban J connectivity index is 2.19. The van der Waals surface area contributed by atoms with E-state index < -0.39 is 17.5 Å². The predicted molar refractivity (Wildman–Crippen MR) is 66.8 cm³/mol. The van der Waals surface area contributed by atoms with E-state index in [0.717, 1.165) is 12.1 Å². The van der Waals surface area contributed by atoms with Crippen molar-refractivity contribution in [2.24, 2.45) is 0 Å². The van der Waals surface area contributed by atoms with Crippen molar-refractivity contribution >= 4 is 17.3 Å². The first-order chi connectivity index (χ1) is 8.99. The monoisotopic (exact) mass is 287 g/mol. The van der Waals surface area contributed by atoms with Gasteiger partial charge in [-0.25, -0.2) is 13.2 Å². The van der Waals surface area contributed by atoms with Crippen molar-refractivity contribution < 1.29 is 18.3 Å². The number of hydrogen-bond acceptors (Lipinski definition) is 2. The smallest absolute Gasteiger partial charge is 0.196 e. The maximum Gasteiger partial charge on any atom is 0.196 e. The lowest BCUT2D eigenvalue weighted by atomic mass is 10.2. The molecule has 2 N–H and O–H groups in total. The molecule has 2 nitrogen and oxygen atoms in total. The van der Waals surface area contributed by atoms with Crippen LogP contribution in [0.4, 0.5) is 18.9 Å². The van der Waals surface area contributed by atoms with Gasteiger partial charge in [0.05, 0.1) is 5.69 Å². The van der Waals surface area contributed by atoms with E-state index in [1.165, 1.54) is 18.2 Å². The molecule has 0 radical (unpaired) electrons. The zero-order chi connectivity index (χ0) is 14.0. The van der Waals surface area contributed by atoms with Crippen molar-refractivity contribution in [3.8, 4) is 5.75 Å². The van der Waals surface area contributed by atoms with Gasteiger partial charge in [-0.1, -0.05) is 11.6 Å². The molecular weight excluding hydrogens is 279 g/mol. The lowest BCUT2D eigenvalue weighted by molar-refractivity contribution is 0.448. The van der Waals surface area contributed by atoms with E-state index in [1.54, 1.807) is 0 Å². The molecule has 6 heteroatoms. The van der Waals surface area contributed by atoms with Gasteiger partial charge in [0.2, 0.25) is 0 Å². The second-order valence-corrected chi connectivity index (χ2v) is 4.29. The zero-order valence-electron chi connectivity index (χ0n) is 9.55. The lowest BCUT2D eigenvalue weighted by Gasteiger charge is -2.10. The normalized spacial score (nSPS) is 10.5. The summed E-state index contributed by atoms with van der Waals surface area (Å²) in [7, 11) is 0. The molecule has 0 aliphatic rings. The molecule has 0 fully saturated rings. The second-order valence-electron chi connectivity index (χ2n) is 3.85. The molecule has 0 saturated carbocycles. The zero-order valence-corrected chi connectivity index (χ0v) is 10.3. The first-order valence-electron chi connectivity index (χ1n) is 5.34. The van der Waals surface area contributed by atoms with Crippen LogP contribution >= 0.6 is 11.6 Å². The van der Waals surface area contributed by atoms with E-state index in [1.807, 2.05) is 0 Å². The molecule has 0 saturated heterocycles. The highest BCUT2D eigenvalue weighted by Gasteiger charge is 2.13. The average Bonchev–Trinajstić information content (AvgIpc) is 2.39. The number of nitrogens with one attached hydrogen (secondary N) is 1. The number of rotatable bonds is 3. The highest BCUT2D eigenvalue weighted by Crippen LogP contribution is 2.24. The van der Waals surface area contributed by atoms with Gasteiger partial charge in [0, 0.05) is 17.1 Å². The van der Waals surface area contributed by atoms with Crippen LogP contribution in [0.15, 0.2) is 30.3 Å². The Hall–Kier alpha value is -1.88. The van der Waals surface area contributed by atoms with Crippen LogP contribution in [0.1, 0.15) is 5.56 Å². The van der Waals surface area contributed by atoms with E-state index in [-0.39, 0.29) is 18.0 Å². The van der Waals surface area contributed by atoms with Gasteiger partial charge in [0.15, 0.2) is 17.5 Å². The van der Waals surface area contributed by atoms with Gasteiger partial charge in [-0.2, -0.15) is 0 Å². The molecular formula is C13H9ClF3NO. The van der Waals surface area contributed by atoms with Gasteiger partial charge in [-0.3, -0.25) is 0 Å². The quantitative estimate of drug-likeness (QED) is 0.834. The molecule has 100 valence electrons. The first-order valence-corrected chi connectivity index (χ1v) is 5.71. The third-order valence-corrected chi connectivity index (χ3v) is 2.78. The Morgan fingerprint density at radius 3 is 2.53 bits per heavy atom. The van der Waals surface area contributed by atoms with Crippen molar-refractivity contribution in [3.05, 3.63) is 58.4 Å². The van der Waals surface area contributed by atoms with Crippen molar-refractivity contribution in [2.75, 3.05) is 5.32 Å². The van der Waals surface area contributed by atoms with E-state index in [4.69, 9.17) is 11.6 Å². The number of phenols is 1. The first kappa shape index (κ1) is 13.5. The maximum atomic E-state index is 13.4. The molecule has 19 heavy (non-hydrogen) atoms.